The molecule has 0 aliphatic carbocycles. The van der Waals surface area contributed by atoms with Gasteiger partial charge < -0.3 is 10.2 Å². The van der Waals surface area contributed by atoms with Crippen LogP contribution in [0.4, 0.5) is 0 Å². The van der Waals surface area contributed by atoms with Crippen molar-refractivity contribution in [3.63, 3.8) is 0 Å². The number of hydrogen-bond acceptors (Lipinski definition) is 3. The van der Waals surface area contributed by atoms with Gasteiger partial charge in [-0.2, -0.15) is 0 Å². The fraction of sp³-hybridized carbons (Fsp3) is 0.941. The maximum absolute atomic E-state index is 12.8. The second kappa shape index (κ2) is 8.14. The number of carbonyl (C=O) groups is 1. The highest BCUT2D eigenvalue weighted by atomic mass is 16.2. The van der Waals surface area contributed by atoms with Crippen molar-refractivity contribution in [3.8, 4) is 0 Å². The average Bonchev–Trinajstić information content (AvgIpc) is 2.82. The highest BCUT2D eigenvalue weighted by molar-refractivity contribution is 5.81. The Morgan fingerprint density at radius 2 is 1.71 bits per heavy atom. The van der Waals surface area contributed by atoms with Gasteiger partial charge in [-0.25, -0.2) is 0 Å². The average molecular weight is 295 g/mol. The van der Waals surface area contributed by atoms with E-state index in [-0.39, 0.29) is 6.04 Å². The topological polar surface area (TPSA) is 35.6 Å². The predicted molar refractivity (Wildman–Crippen MR) is 87.3 cm³/mol. The standard InChI is InChI=1S/C17H33N3O/c1-14(18-3)16-9-8-12-20(13-16)15(2)17(21)19-10-6-4-5-7-11-19/h14-16,18H,4-13H2,1-3H3. The molecule has 1 N–H and O–H groups in total. The molecule has 2 heterocycles. The molecule has 2 aliphatic heterocycles. The minimum atomic E-state index is 0.0509. The summed E-state index contributed by atoms with van der Waals surface area (Å²) in [6.45, 7) is 8.44. The van der Waals surface area contributed by atoms with Crippen molar-refractivity contribution in [1.82, 2.24) is 15.1 Å². The number of hydrogen-bond donors (Lipinski definition) is 1. The van der Waals surface area contributed by atoms with Crippen LogP contribution in [-0.2, 0) is 4.79 Å². The first-order valence-electron chi connectivity index (χ1n) is 8.83. The lowest BCUT2D eigenvalue weighted by Crippen LogP contribution is -2.52. The molecule has 21 heavy (non-hydrogen) atoms. The molecule has 2 aliphatic rings. The van der Waals surface area contributed by atoms with Crippen molar-refractivity contribution >= 4 is 5.91 Å². The van der Waals surface area contributed by atoms with Crippen LogP contribution in [0.2, 0.25) is 0 Å². The van der Waals surface area contributed by atoms with E-state index in [2.05, 4.69) is 29.0 Å². The van der Waals surface area contributed by atoms with E-state index >= 15 is 0 Å². The molecule has 0 spiro atoms. The van der Waals surface area contributed by atoms with Gasteiger partial charge in [0.05, 0.1) is 6.04 Å². The lowest BCUT2D eigenvalue weighted by molar-refractivity contribution is -0.137. The summed E-state index contributed by atoms with van der Waals surface area (Å²) < 4.78 is 0. The molecule has 2 rings (SSSR count). The van der Waals surface area contributed by atoms with Gasteiger partial charge in [0.15, 0.2) is 0 Å². The molecule has 3 unspecified atom stereocenters. The van der Waals surface area contributed by atoms with Gasteiger partial charge in [0, 0.05) is 25.7 Å². The highest BCUT2D eigenvalue weighted by Crippen LogP contribution is 2.22. The van der Waals surface area contributed by atoms with Crippen molar-refractivity contribution in [2.45, 2.75) is 64.5 Å². The Balaban J connectivity index is 1.91. The molecule has 122 valence electrons. The number of nitrogens with one attached hydrogen (secondary N) is 1. The molecular weight excluding hydrogens is 262 g/mol. The van der Waals surface area contributed by atoms with E-state index in [1.165, 1.54) is 38.5 Å². The van der Waals surface area contributed by atoms with Gasteiger partial charge in [0.2, 0.25) is 5.91 Å². The van der Waals surface area contributed by atoms with Gasteiger partial charge >= 0.3 is 0 Å². The molecule has 3 atom stereocenters. The molecular formula is C17H33N3O. The van der Waals surface area contributed by atoms with E-state index in [9.17, 15) is 4.79 Å². The SMILES string of the molecule is CNC(C)C1CCCN(C(C)C(=O)N2CCCCCC2)C1. The summed E-state index contributed by atoms with van der Waals surface area (Å²) in [6, 6.07) is 0.586. The maximum atomic E-state index is 12.8. The normalized spacial score (nSPS) is 28.0. The molecule has 0 bridgehead atoms. The summed E-state index contributed by atoms with van der Waals surface area (Å²) in [7, 11) is 2.04. The van der Waals surface area contributed by atoms with E-state index in [0.717, 1.165) is 26.2 Å². The lowest BCUT2D eigenvalue weighted by atomic mass is 9.91. The van der Waals surface area contributed by atoms with E-state index < -0.39 is 0 Å². The van der Waals surface area contributed by atoms with E-state index in [1.807, 2.05) is 7.05 Å². The lowest BCUT2D eigenvalue weighted by Gasteiger charge is -2.39. The van der Waals surface area contributed by atoms with Crippen LogP contribution in [0, 0.1) is 5.92 Å². The van der Waals surface area contributed by atoms with Crippen LogP contribution in [0.15, 0.2) is 0 Å². The Morgan fingerprint density at radius 3 is 2.33 bits per heavy atom. The molecule has 0 radical (unpaired) electrons. The van der Waals surface area contributed by atoms with Crippen LogP contribution < -0.4 is 5.32 Å². The summed E-state index contributed by atoms with van der Waals surface area (Å²) in [4.78, 5) is 17.3. The molecule has 4 heteroatoms. The van der Waals surface area contributed by atoms with Crippen LogP contribution in [0.1, 0.15) is 52.4 Å². The van der Waals surface area contributed by atoms with Crippen molar-refractivity contribution in [2.24, 2.45) is 5.92 Å². The molecule has 0 aromatic carbocycles. The van der Waals surface area contributed by atoms with Crippen LogP contribution >= 0.6 is 0 Å². The smallest absolute Gasteiger partial charge is 0.239 e. The van der Waals surface area contributed by atoms with E-state index in [0.29, 0.717) is 17.9 Å². The first kappa shape index (κ1) is 16.8. The number of amides is 1. The summed E-state index contributed by atoms with van der Waals surface area (Å²) in [6.07, 6.45) is 7.42. The third-order valence-electron chi connectivity index (χ3n) is 5.47. The summed E-state index contributed by atoms with van der Waals surface area (Å²) >= 11 is 0. The molecule has 0 aromatic rings. The Kier molecular flexibility index (Phi) is 6.49. The summed E-state index contributed by atoms with van der Waals surface area (Å²) in [5, 5.41) is 3.37. The third-order valence-corrected chi connectivity index (χ3v) is 5.47. The highest BCUT2D eigenvalue weighted by Gasteiger charge is 2.31. The van der Waals surface area contributed by atoms with Crippen molar-refractivity contribution in [3.05, 3.63) is 0 Å². The zero-order valence-electron chi connectivity index (χ0n) is 14.1. The minimum absolute atomic E-state index is 0.0509. The van der Waals surface area contributed by atoms with Gasteiger partial charge in [-0.05, 0) is 59.0 Å². The molecule has 2 saturated heterocycles. The Bertz CT molecular complexity index is 326. The van der Waals surface area contributed by atoms with Crippen molar-refractivity contribution in [1.29, 1.82) is 0 Å². The van der Waals surface area contributed by atoms with Gasteiger partial charge in [0.25, 0.3) is 0 Å². The third kappa shape index (κ3) is 4.43. The second-order valence-electron chi connectivity index (χ2n) is 6.89. The number of piperidine rings is 1. The fourth-order valence-corrected chi connectivity index (χ4v) is 3.75. The number of nitrogens with zero attached hydrogens (tertiary/aromatic N) is 2. The number of rotatable bonds is 4. The number of carbonyl (C=O) groups excluding carboxylic acids is 1. The quantitative estimate of drug-likeness (QED) is 0.863. The van der Waals surface area contributed by atoms with Gasteiger partial charge in [-0.15, -0.1) is 0 Å². The Hall–Kier alpha value is -0.610. The fourth-order valence-electron chi connectivity index (χ4n) is 3.75. The zero-order chi connectivity index (χ0) is 15.2. The molecule has 4 nitrogen and oxygen atoms in total. The molecule has 0 saturated carbocycles. The number of likely N-dealkylation sites (tertiary alicyclic amines) is 2. The zero-order valence-corrected chi connectivity index (χ0v) is 14.1. The van der Waals surface area contributed by atoms with Gasteiger partial charge in [-0.1, -0.05) is 12.8 Å². The molecule has 1 amide bonds. The van der Waals surface area contributed by atoms with Crippen LogP contribution in [0.25, 0.3) is 0 Å². The Morgan fingerprint density at radius 1 is 1.05 bits per heavy atom. The van der Waals surface area contributed by atoms with Crippen LogP contribution in [0.3, 0.4) is 0 Å². The van der Waals surface area contributed by atoms with E-state index in [1.54, 1.807) is 0 Å². The molecule has 2 fully saturated rings. The van der Waals surface area contributed by atoms with Gasteiger partial charge in [0.1, 0.15) is 0 Å². The summed E-state index contributed by atoms with van der Waals surface area (Å²) in [5.74, 6) is 1.03. The van der Waals surface area contributed by atoms with Crippen molar-refractivity contribution in [2.75, 3.05) is 33.2 Å². The molecule has 0 aromatic heterocycles. The van der Waals surface area contributed by atoms with Crippen molar-refractivity contribution < 1.29 is 4.79 Å². The first-order chi connectivity index (χ1) is 10.1. The summed E-state index contributed by atoms with van der Waals surface area (Å²) in [5.41, 5.74) is 0. The first-order valence-corrected chi connectivity index (χ1v) is 8.83. The van der Waals surface area contributed by atoms with Gasteiger partial charge in [-0.3, -0.25) is 9.69 Å². The van der Waals surface area contributed by atoms with E-state index in [4.69, 9.17) is 0 Å². The Labute approximate surface area is 130 Å². The minimum Gasteiger partial charge on any atom is -0.341 e. The van der Waals surface area contributed by atoms with Crippen LogP contribution in [0.5, 0.6) is 0 Å². The predicted octanol–water partition coefficient (Wildman–Crippen LogP) is 2.10. The monoisotopic (exact) mass is 295 g/mol. The largest absolute Gasteiger partial charge is 0.341 e. The maximum Gasteiger partial charge on any atom is 0.239 e. The second-order valence-corrected chi connectivity index (χ2v) is 6.89. The van der Waals surface area contributed by atoms with Crippen LogP contribution in [-0.4, -0.2) is 61.0 Å².